The fourth-order valence-electron chi connectivity index (χ4n) is 2.82. The van der Waals surface area contributed by atoms with Crippen molar-refractivity contribution < 1.29 is 19.1 Å². The Balaban J connectivity index is 1.58. The van der Waals surface area contributed by atoms with Crippen LogP contribution in [-0.4, -0.2) is 25.5 Å². The molecule has 33 heavy (non-hydrogen) atoms. The molecule has 0 unspecified atom stereocenters. The van der Waals surface area contributed by atoms with Crippen molar-refractivity contribution >= 4 is 45.2 Å². The average molecular weight is 506 g/mol. The van der Waals surface area contributed by atoms with Crippen LogP contribution in [0.3, 0.4) is 0 Å². The molecule has 0 aromatic heterocycles. The Bertz CT molecular complexity index is 1220. The monoisotopic (exact) mass is 505 g/mol. The van der Waals surface area contributed by atoms with Crippen molar-refractivity contribution in [2.24, 2.45) is 0 Å². The maximum Gasteiger partial charge on any atom is 0.266 e. The van der Waals surface area contributed by atoms with Crippen LogP contribution < -0.4 is 20.1 Å². The van der Waals surface area contributed by atoms with Crippen LogP contribution in [0.25, 0.3) is 6.08 Å². The number of ether oxygens (including phenoxy) is 2. The van der Waals surface area contributed by atoms with E-state index in [-0.39, 0.29) is 18.1 Å². The lowest BCUT2D eigenvalue weighted by molar-refractivity contribution is -0.118. The van der Waals surface area contributed by atoms with Crippen molar-refractivity contribution in [2.45, 2.75) is 0 Å². The average Bonchev–Trinajstić information content (AvgIpc) is 2.82. The summed E-state index contributed by atoms with van der Waals surface area (Å²) in [4.78, 5) is 24.6. The number of carbonyl (C=O) groups excluding carboxylic acids is 2. The zero-order valence-corrected chi connectivity index (χ0v) is 19.3. The van der Waals surface area contributed by atoms with Crippen molar-refractivity contribution in [3.05, 3.63) is 88.4 Å². The third-order valence-corrected chi connectivity index (χ3v) is 4.88. The number of nitriles is 1. The molecule has 2 N–H and O–H groups in total. The third-order valence-electron chi connectivity index (χ3n) is 4.39. The van der Waals surface area contributed by atoms with E-state index in [1.165, 1.54) is 13.2 Å². The molecule has 3 aromatic rings. The van der Waals surface area contributed by atoms with Crippen molar-refractivity contribution in [1.82, 2.24) is 0 Å². The van der Waals surface area contributed by atoms with Crippen molar-refractivity contribution in [3.8, 4) is 17.6 Å². The number of methoxy groups -OCH3 is 1. The lowest BCUT2D eigenvalue weighted by Gasteiger charge is -2.10. The molecule has 0 aliphatic carbocycles. The summed E-state index contributed by atoms with van der Waals surface area (Å²) in [7, 11) is 1.53. The number of hydrogen-bond donors (Lipinski definition) is 2. The Morgan fingerprint density at radius 3 is 2.48 bits per heavy atom. The molecule has 3 rings (SSSR count). The summed E-state index contributed by atoms with van der Waals surface area (Å²) in [6.07, 6.45) is 1.48. The summed E-state index contributed by atoms with van der Waals surface area (Å²) in [5, 5.41) is 14.8. The molecular weight excluding hydrogens is 486 g/mol. The Morgan fingerprint density at radius 2 is 1.79 bits per heavy atom. The zero-order valence-electron chi connectivity index (χ0n) is 17.7. The molecule has 0 aliphatic heterocycles. The van der Waals surface area contributed by atoms with Gasteiger partial charge >= 0.3 is 0 Å². The topological polar surface area (TPSA) is 100 Å². The van der Waals surface area contributed by atoms with E-state index in [1.54, 1.807) is 60.7 Å². The molecular formula is C25H20BrN3O4. The highest BCUT2D eigenvalue weighted by molar-refractivity contribution is 9.10. The molecule has 0 atom stereocenters. The Labute approximate surface area is 199 Å². The minimum absolute atomic E-state index is 0.0418. The summed E-state index contributed by atoms with van der Waals surface area (Å²) in [5.74, 6) is 0.182. The Morgan fingerprint density at radius 1 is 1.03 bits per heavy atom. The van der Waals surface area contributed by atoms with Gasteiger partial charge in [0.25, 0.3) is 11.8 Å². The molecule has 8 heteroatoms. The predicted octanol–water partition coefficient (Wildman–Crippen LogP) is 5.02. The molecule has 7 nitrogen and oxygen atoms in total. The Hall–Kier alpha value is -4.09. The molecule has 0 saturated heterocycles. The summed E-state index contributed by atoms with van der Waals surface area (Å²) in [6.45, 7) is -0.189. The van der Waals surface area contributed by atoms with E-state index in [1.807, 2.05) is 18.2 Å². The van der Waals surface area contributed by atoms with E-state index in [9.17, 15) is 14.9 Å². The molecule has 0 aliphatic rings. The fourth-order valence-corrected chi connectivity index (χ4v) is 3.22. The van der Waals surface area contributed by atoms with Gasteiger partial charge in [0.15, 0.2) is 6.61 Å². The first-order valence-electron chi connectivity index (χ1n) is 9.83. The number of benzene rings is 3. The number of nitrogens with zero attached hydrogens (tertiary/aromatic N) is 1. The molecule has 0 spiro atoms. The SMILES string of the molecule is COc1ccccc1NC(=O)COc1ccc(/C=C(\C#N)C(=O)Nc2cccc(Br)c2)cc1. The minimum atomic E-state index is -0.510. The second-order valence-electron chi connectivity index (χ2n) is 6.74. The number of carbonyl (C=O) groups is 2. The second kappa shape index (κ2) is 11.5. The lowest BCUT2D eigenvalue weighted by atomic mass is 10.1. The van der Waals surface area contributed by atoms with E-state index in [4.69, 9.17) is 9.47 Å². The standard InChI is InChI=1S/C25H20BrN3O4/c1-32-23-8-3-2-7-22(23)29-24(30)16-33-21-11-9-17(10-12-21)13-18(15-27)25(31)28-20-6-4-5-19(26)14-20/h2-14H,16H2,1H3,(H,28,31)(H,29,30)/b18-13+. The minimum Gasteiger partial charge on any atom is -0.495 e. The largest absolute Gasteiger partial charge is 0.495 e. The summed E-state index contributed by atoms with van der Waals surface area (Å²) in [6, 6.07) is 22.8. The fraction of sp³-hybridized carbons (Fsp3) is 0.0800. The summed E-state index contributed by atoms with van der Waals surface area (Å²) in [5.41, 5.74) is 1.73. The highest BCUT2D eigenvalue weighted by atomic mass is 79.9. The van der Waals surface area contributed by atoms with Gasteiger partial charge in [0.05, 0.1) is 12.8 Å². The molecule has 0 heterocycles. The number of hydrogen-bond acceptors (Lipinski definition) is 5. The number of halogens is 1. The number of rotatable bonds is 8. The van der Waals surface area contributed by atoms with Crippen LogP contribution in [0.5, 0.6) is 11.5 Å². The maximum atomic E-state index is 12.4. The van der Waals surface area contributed by atoms with Gasteiger partial charge in [-0.05, 0) is 54.1 Å². The molecule has 0 bridgehead atoms. The second-order valence-corrected chi connectivity index (χ2v) is 7.66. The van der Waals surface area contributed by atoms with Gasteiger partial charge in [-0.1, -0.05) is 46.3 Å². The normalized spacial score (nSPS) is 10.6. The predicted molar refractivity (Wildman–Crippen MR) is 130 cm³/mol. The zero-order chi connectivity index (χ0) is 23.6. The van der Waals surface area contributed by atoms with Gasteiger partial charge in [-0.25, -0.2) is 0 Å². The van der Waals surface area contributed by atoms with Crippen LogP contribution in [0.15, 0.2) is 82.8 Å². The van der Waals surface area contributed by atoms with Gasteiger partial charge in [0, 0.05) is 10.2 Å². The maximum absolute atomic E-state index is 12.4. The lowest BCUT2D eigenvalue weighted by Crippen LogP contribution is -2.20. The first-order valence-corrected chi connectivity index (χ1v) is 10.6. The molecule has 3 aromatic carbocycles. The smallest absolute Gasteiger partial charge is 0.266 e. The van der Waals surface area contributed by atoms with Crippen LogP contribution in [0.4, 0.5) is 11.4 Å². The van der Waals surface area contributed by atoms with Gasteiger partial charge in [-0.2, -0.15) is 5.26 Å². The Kier molecular flexibility index (Phi) is 8.22. The third kappa shape index (κ3) is 6.95. The molecule has 2 amide bonds. The van der Waals surface area contributed by atoms with E-state index < -0.39 is 5.91 Å². The number of amides is 2. The van der Waals surface area contributed by atoms with Crippen molar-refractivity contribution in [3.63, 3.8) is 0 Å². The van der Waals surface area contributed by atoms with Crippen LogP contribution in [0, 0.1) is 11.3 Å². The highest BCUT2D eigenvalue weighted by Gasteiger charge is 2.11. The quantitative estimate of drug-likeness (QED) is 0.330. The van der Waals surface area contributed by atoms with Crippen LogP contribution in [0.2, 0.25) is 0 Å². The molecule has 0 saturated carbocycles. The van der Waals surface area contributed by atoms with Crippen LogP contribution >= 0.6 is 15.9 Å². The van der Waals surface area contributed by atoms with E-state index in [0.29, 0.717) is 28.4 Å². The van der Waals surface area contributed by atoms with Gasteiger partial charge in [0.2, 0.25) is 0 Å². The highest BCUT2D eigenvalue weighted by Crippen LogP contribution is 2.23. The first kappa shape index (κ1) is 23.6. The van der Waals surface area contributed by atoms with E-state index in [2.05, 4.69) is 26.6 Å². The summed E-state index contributed by atoms with van der Waals surface area (Å²) >= 11 is 3.34. The number of nitrogens with one attached hydrogen (secondary N) is 2. The van der Waals surface area contributed by atoms with Gasteiger partial charge < -0.3 is 20.1 Å². The van der Waals surface area contributed by atoms with Gasteiger partial charge in [-0.3, -0.25) is 9.59 Å². The molecule has 0 fully saturated rings. The first-order chi connectivity index (χ1) is 16.0. The van der Waals surface area contributed by atoms with Gasteiger partial charge in [0.1, 0.15) is 23.1 Å². The number of anilines is 2. The van der Waals surface area contributed by atoms with Crippen LogP contribution in [-0.2, 0) is 9.59 Å². The van der Waals surface area contributed by atoms with E-state index in [0.717, 1.165) is 4.47 Å². The molecule has 0 radical (unpaired) electrons. The van der Waals surface area contributed by atoms with Crippen molar-refractivity contribution in [1.29, 1.82) is 5.26 Å². The number of para-hydroxylation sites is 2. The van der Waals surface area contributed by atoms with Gasteiger partial charge in [-0.15, -0.1) is 0 Å². The van der Waals surface area contributed by atoms with Crippen LogP contribution in [0.1, 0.15) is 5.56 Å². The summed E-state index contributed by atoms with van der Waals surface area (Å²) < 4.78 is 11.5. The van der Waals surface area contributed by atoms with Crippen molar-refractivity contribution in [2.75, 3.05) is 24.4 Å². The molecule has 166 valence electrons. The van der Waals surface area contributed by atoms with E-state index >= 15 is 0 Å².